The van der Waals surface area contributed by atoms with E-state index in [0.717, 1.165) is 22.1 Å². The Morgan fingerprint density at radius 3 is 2.64 bits per heavy atom. The quantitative estimate of drug-likeness (QED) is 0.481. The fourth-order valence-corrected chi connectivity index (χ4v) is 2.78. The van der Waals surface area contributed by atoms with Gasteiger partial charge < -0.3 is 14.5 Å². The first-order valence-corrected chi connectivity index (χ1v) is 9.15. The van der Waals surface area contributed by atoms with E-state index in [2.05, 4.69) is 19.2 Å². The summed E-state index contributed by atoms with van der Waals surface area (Å²) < 4.78 is 11.1. The van der Waals surface area contributed by atoms with Crippen molar-refractivity contribution in [3.63, 3.8) is 0 Å². The Labute approximate surface area is 164 Å². The first kappa shape index (κ1) is 19.2. The van der Waals surface area contributed by atoms with Crippen LogP contribution in [0.2, 0.25) is 0 Å². The molecule has 0 fully saturated rings. The molecule has 5 nitrogen and oxygen atoms in total. The molecule has 0 aliphatic rings. The van der Waals surface area contributed by atoms with Gasteiger partial charge in [-0.25, -0.2) is 0 Å². The number of carbonyl (C=O) groups is 1. The lowest BCUT2D eigenvalue weighted by atomic mass is 10.0. The van der Waals surface area contributed by atoms with Crippen molar-refractivity contribution in [2.24, 2.45) is 5.92 Å². The molecule has 0 saturated heterocycles. The number of benzene rings is 2. The number of amides is 1. The summed E-state index contributed by atoms with van der Waals surface area (Å²) in [5.74, 6) is 1.40. The van der Waals surface area contributed by atoms with E-state index in [1.54, 1.807) is 18.2 Å². The number of nitrogens with zero attached hydrogens (tertiary/aromatic N) is 1. The van der Waals surface area contributed by atoms with Crippen molar-refractivity contribution in [3.8, 4) is 11.8 Å². The predicted octanol–water partition coefficient (Wildman–Crippen LogP) is 4.69. The largest absolute Gasteiger partial charge is 0.493 e. The van der Waals surface area contributed by atoms with Gasteiger partial charge in [0.2, 0.25) is 0 Å². The molecule has 0 saturated carbocycles. The monoisotopic (exact) mass is 374 g/mol. The summed E-state index contributed by atoms with van der Waals surface area (Å²) in [7, 11) is 0. The number of nitriles is 1. The average Bonchev–Trinajstić information content (AvgIpc) is 3.22. The molecule has 0 unspecified atom stereocenters. The van der Waals surface area contributed by atoms with Crippen molar-refractivity contribution in [2.45, 2.75) is 20.4 Å². The smallest absolute Gasteiger partial charge is 0.262 e. The lowest BCUT2D eigenvalue weighted by Crippen LogP contribution is -2.23. The lowest BCUT2D eigenvalue weighted by molar-refractivity contribution is -0.117. The van der Waals surface area contributed by atoms with Gasteiger partial charge in [0.05, 0.1) is 19.4 Å². The summed E-state index contributed by atoms with van der Waals surface area (Å²) in [6.07, 6.45) is 3.14. The minimum absolute atomic E-state index is 0.0348. The summed E-state index contributed by atoms with van der Waals surface area (Å²) in [6.45, 7) is 5.05. The number of ether oxygens (including phenoxy) is 1. The molecular weight excluding hydrogens is 352 g/mol. The zero-order valence-corrected chi connectivity index (χ0v) is 15.9. The van der Waals surface area contributed by atoms with Crippen molar-refractivity contribution >= 4 is 22.8 Å². The van der Waals surface area contributed by atoms with Gasteiger partial charge in [-0.3, -0.25) is 4.79 Å². The van der Waals surface area contributed by atoms with Gasteiger partial charge in [0.15, 0.2) is 0 Å². The average molecular weight is 374 g/mol. The molecule has 28 heavy (non-hydrogen) atoms. The Morgan fingerprint density at radius 1 is 1.18 bits per heavy atom. The normalized spacial score (nSPS) is 11.4. The molecule has 0 aliphatic carbocycles. The van der Waals surface area contributed by atoms with Gasteiger partial charge in [0, 0.05) is 5.39 Å². The summed E-state index contributed by atoms with van der Waals surface area (Å²) in [5, 5.41) is 14.0. The number of rotatable bonds is 7. The van der Waals surface area contributed by atoms with Gasteiger partial charge in [-0.05, 0) is 41.1 Å². The fourth-order valence-electron chi connectivity index (χ4n) is 2.78. The van der Waals surface area contributed by atoms with Crippen LogP contribution in [0.3, 0.4) is 0 Å². The molecule has 1 aromatic heterocycles. The van der Waals surface area contributed by atoms with Crippen LogP contribution in [0.25, 0.3) is 16.8 Å². The molecule has 3 aromatic rings. The third-order valence-corrected chi connectivity index (χ3v) is 4.16. The molecule has 1 heterocycles. The number of carbonyl (C=O) groups excluding carboxylic acids is 1. The van der Waals surface area contributed by atoms with E-state index in [-0.39, 0.29) is 12.1 Å². The third-order valence-electron chi connectivity index (χ3n) is 4.16. The molecule has 5 heteroatoms. The SMILES string of the molecule is CC(C)COc1ccc(C=C(C#N)C(=O)NCc2ccco2)c2ccccc12. The number of nitrogens with one attached hydrogen (secondary N) is 1. The van der Waals surface area contributed by atoms with Crippen LogP contribution in [-0.2, 0) is 11.3 Å². The molecular formula is C23H22N2O3. The molecule has 0 spiro atoms. The van der Waals surface area contributed by atoms with Crippen molar-refractivity contribution in [1.29, 1.82) is 5.26 Å². The highest BCUT2D eigenvalue weighted by molar-refractivity contribution is 6.04. The number of fused-ring (bicyclic) bond motifs is 1. The van der Waals surface area contributed by atoms with E-state index in [1.807, 2.05) is 42.5 Å². The maximum Gasteiger partial charge on any atom is 0.262 e. The van der Waals surface area contributed by atoms with Gasteiger partial charge in [0.25, 0.3) is 5.91 Å². The number of hydrogen-bond acceptors (Lipinski definition) is 4. The highest BCUT2D eigenvalue weighted by Gasteiger charge is 2.12. The highest BCUT2D eigenvalue weighted by Crippen LogP contribution is 2.30. The van der Waals surface area contributed by atoms with Crippen LogP contribution >= 0.6 is 0 Å². The van der Waals surface area contributed by atoms with E-state index >= 15 is 0 Å². The molecule has 0 radical (unpaired) electrons. The van der Waals surface area contributed by atoms with E-state index in [9.17, 15) is 10.1 Å². The Hall–Kier alpha value is -3.52. The lowest BCUT2D eigenvalue weighted by Gasteiger charge is -2.13. The topological polar surface area (TPSA) is 75.3 Å². The van der Waals surface area contributed by atoms with Crippen molar-refractivity contribution in [3.05, 3.63) is 71.7 Å². The number of furan rings is 1. The van der Waals surface area contributed by atoms with Gasteiger partial charge in [0.1, 0.15) is 23.2 Å². The van der Waals surface area contributed by atoms with Crippen LogP contribution in [0.5, 0.6) is 5.75 Å². The van der Waals surface area contributed by atoms with Crippen molar-refractivity contribution in [1.82, 2.24) is 5.32 Å². The first-order chi connectivity index (χ1) is 13.6. The van der Waals surface area contributed by atoms with E-state index in [1.165, 1.54) is 6.26 Å². The zero-order valence-electron chi connectivity index (χ0n) is 15.9. The molecule has 2 aromatic carbocycles. The Morgan fingerprint density at radius 2 is 1.96 bits per heavy atom. The van der Waals surface area contributed by atoms with Crippen molar-refractivity contribution < 1.29 is 13.9 Å². The zero-order chi connectivity index (χ0) is 19.9. The third kappa shape index (κ3) is 4.60. The van der Waals surface area contributed by atoms with Gasteiger partial charge in [-0.1, -0.05) is 44.2 Å². The molecule has 1 N–H and O–H groups in total. The molecule has 3 rings (SSSR count). The van der Waals surface area contributed by atoms with Crippen molar-refractivity contribution in [2.75, 3.05) is 6.61 Å². The van der Waals surface area contributed by atoms with Crippen LogP contribution < -0.4 is 10.1 Å². The molecule has 142 valence electrons. The van der Waals surface area contributed by atoms with Crippen LogP contribution in [-0.4, -0.2) is 12.5 Å². The molecule has 0 aliphatic heterocycles. The molecule has 0 atom stereocenters. The summed E-state index contributed by atoms with van der Waals surface area (Å²) in [5.41, 5.74) is 0.824. The summed E-state index contributed by atoms with van der Waals surface area (Å²) in [4.78, 5) is 12.4. The van der Waals surface area contributed by atoms with Gasteiger partial charge in [-0.15, -0.1) is 0 Å². The molecule has 1 amide bonds. The highest BCUT2D eigenvalue weighted by atomic mass is 16.5. The van der Waals surface area contributed by atoms with E-state index < -0.39 is 5.91 Å². The summed E-state index contributed by atoms with van der Waals surface area (Å²) >= 11 is 0. The fraction of sp³-hybridized carbons (Fsp3) is 0.217. The second-order valence-electron chi connectivity index (χ2n) is 6.84. The standard InChI is InChI=1S/C23H22N2O3/c1-16(2)15-28-22-10-9-17(20-7-3-4-8-21(20)22)12-18(13-24)23(26)25-14-19-6-5-11-27-19/h3-12,16H,14-15H2,1-2H3,(H,25,26). The Bertz CT molecular complexity index is 1030. The summed E-state index contributed by atoms with van der Waals surface area (Å²) in [6, 6.07) is 17.1. The maximum absolute atomic E-state index is 12.4. The van der Waals surface area contributed by atoms with E-state index in [4.69, 9.17) is 9.15 Å². The van der Waals surface area contributed by atoms with Crippen LogP contribution in [0.4, 0.5) is 0 Å². The van der Waals surface area contributed by atoms with Crippen LogP contribution in [0.1, 0.15) is 25.2 Å². The Kier molecular flexibility index (Phi) is 6.13. The Balaban J connectivity index is 1.88. The second-order valence-corrected chi connectivity index (χ2v) is 6.84. The minimum Gasteiger partial charge on any atom is -0.493 e. The minimum atomic E-state index is -0.442. The maximum atomic E-state index is 12.4. The second kappa shape index (κ2) is 8.92. The van der Waals surface area contributed by atoms with Crippen LogP contribution in [0, 0.1) is 17.2 Å². The van der Waals surface area contributed by atoms with Crippen LogP contribution in [0.15, 0.2) is 64.8 Å². The van der Waals surface area contributed by atoms with E-state index in [0.29, 0.717) is 18.3 Å². The van der Waals surface area contributed by atoms with Gasteiger partial charge in [-0.2, -0.15) is 5.26 Å². The predicted molar refractivity (Wildman–Crippen MR) is 108 cm³/mol. The first-order valence-electron chi connectivity index (χ1n) is 9.15. The molecule has 0 bridgehead atoms. The number of hydrogen-bond donors (Lipinski definition) is 1. The van der Waals surface area contributed by atoms with Gasteiger partial charge >= 0.3 is 0 Å².